The highest BCUT2D eigenvalue weighted by Crippen LogP contribution is 2.12. The highest BCUT2D eigenvalue weighted by atomic mass is 32.1. The van der Waals surface area contributed by atoms with Crippen LogP contribution in [0, 0.1) is 0 Å². The fourth-order valence-electron chi connectivity index (χ4n) is 1.74. The van der Waals surface area contributed by atoms with Crippen LogP contribution in [0.4, 0.5) is 0 Å². The number of nitrogens with one attached hydrogen (secondary N) is 1. The van der Waals surface area contributed by atoms with Crippen molar-refractivity contribution < 1.29 is 0 Å². The van der Waals surface area contributed by atoms with E-state index in [1.807, 2.05) is 0 Å². The molecule has 2 nitrogen and oxygen atoms in total. The van der Waals surface area contributed by atoms with E-state index in [4.69, 9.17) is 0 Å². The lowest BCUT2D eigenvalue weighted by atomic mass is 10.2. The Morgan fingerprint density at radius 2 is 2.62 bits per heavy atom. The average Bonchev–Trinajstić information content (AvgIpc) is 2.61. The molecule has 0 saturated carbocycles. The minimum absolute atomic E-state index is 0.675. The second-order valence-electron chi connectivity index (χ2n) is 3.66. The Morgan fingerprint density at radius 1 is 1.69 bits per heavy atom. The van der Waals surface area contributed by atoms with E-state index in [-0.39, 0.29) is 0 Å². The van der Waals surface area contributed by atoms with Crippen molar-refractivity contribution in [3.63, 3.8) is 0 Å². The molecule has 2 heterocycles. The molecule has 0 amide bonds. The van der Waals surface area contributed by atoms with Crippen LogP contribution < -0.4 is 5.32 Å². The third-order valence-corrected chi connectivity index (χ3v) is 3.34. The van der Waals surface area contributed by atoms with Gasteiger partial charge in [-0.2, -0.15) is 11.3 Å². The van der Waals surface area contributed by atoms with Gasteiger partial charge in [0.05, 0.1) is 0 Å². The summed E-state index contributed by atoms with van der Waals surface area (Å²) in [6, 6.07) is 2.90. The maximum Gasteiger partial charge on any atom is 0.0245 e. The van der Waals surface area contributed by atoms with Gasteiger partial charge in [-0.25, -0.2) is 0 Å². The van der Waals surface area contributed by atoms with Crippen LogP contribution in [0.15, 0.2) is 16.8 Å². The summed E-state index contributed by atoms with van der Waals surface area (Å²) >= 11 is 1.79. The number of thiophene rings is 1. The Bertz CT molecular complexity index is 245. The first kappa shape index (κ1) is 9.19. The molecule has 1 unspecified atom stereocenters. The van der Waals surface area contributed by atoms with E-state index in [1.54, 1.807) is 11.3 Å². The highest BCUT2D eigenvalue weighted by molar-refractivity contribution is 7.07. The predicted molar refractivity (Wildman–Crippen MR) is 57.1 cm³/mol. The van der Waals surface area contributed by atoms with Gasteiger partial charge in [0.1, 0.15) is 0 Å². The van der Waals surface area contributed by atoms with Crippen molar-refractivity contribution in [2.24, 2.45) is 0 Å². The van der Waals surface area contributed by atoms with Crippen LogP contribution in [-0.4, -0.2) is 30.6 Å². The molecule has 1 N–H and O–H groups in total. The molecule has 0 bridgehead atoms. The van der Waals surface area contributed by atoms with E-state index < -0.39 is 0 Å². The second kappa shape index (κ2) is 4.22. The molecule has 13 heavy (non-hydrogen) atoms. The van der Waals surface area contributed by atoms with E-state index in [2.05, 4.69) is 34.0 Å². The van der Waals surface area contributed by atoms with Crippen molar-refractivity contribution in [2.45, 2.75) is 19.5 Å². The lowest BCUT2D eigenvalue weighted by molar-refractivity contribution is 0.166. The molecule has 1 aliphatic rings. The van der Waals surface area contributed by atoms with Crippen molar-refractivity contribution in [1.29, 1.82) is 0 Å². The summed E-state index contributed by atoms with van der Waals surface area (Å²) in [5.41, 5.74) is 1.46. The fourth-order valence-corrected chi connectivity index (χ4v) is 2.39. The minimum Gasteiger partial charge on any atom is -0.314 e. The van der Waals surface area contributed by atoms with E-state index in [0.717, 1.165) is 19.6 Å². The second-order valence-corrected chi connectivity index (χ2v) is 4.44. The van der Waals surface area contributed by atoms with E-state index in [1.165, 1.54) is 12.1 Å². The number of hydrogen-bond acceptors (Lipinski definition) is 3. The normalized spacial score (nSPS) is 24.8. The van der Waals surface area contributed by atoms with Crippen molar-refractivity contribution in [1.82, 2.24) is 10.2 Å². The molecule has 0 spiro atoms. The molecular formula is C10H16N2S. The van der Waals surface area contributed by atoms with Gasteiger partial charge in [0.15, 0.2) is 0 Å². The standard InChI is InChI=1S/C10H16N2S/c1-9-6-11-3-4-12(9)7-10-2-5-13-8-10/h2,5,8-9,11H,3-4,6-7H2,1H3. The maximum absolute atomic E-state index is 3.41. The zero-order valence-electron chi connectivity index (χ0n) is 7.99. The van der Waals surface area contributed by atoms with Gasteiger partial charge < -0.3 is 5.32 Å². The molecule has 3 heteroatoms. The minimum atomic E-state index is 0.675. The first-order valence-electron chi connectivity index (χ1n) is 4.82. The van der Waals surface area contributed by atoms with Gasteiger partial charge in [0.2, 0.25) is 0 Å². The molecule has 1 aromatic rings. The van der Waals surface area contributed by atoms with E-state index in [0.29, 0.717) is 6.04 Å². The maximum atomic E-state index is 3.41. The molecule has 0 aliphatic carbocycles. The Kier molecular flexibility index (Phi) is 2.98. The first-order valence-corrected chi connectivity index (χ1v) is 5.76. The summed E-state index contributed by atoms with van der Waals surface area (Å²) in [6.45, 7) is 6.85. The molecule has 0 aromatic carbocycles. The van der Waals surface area contributed by atoms with Crippen molar-refractivity contribution >= 4 is 11.3 Å². The lowest BCUT2D eigenvalue weighted by Crippen LogP contribution is -2.49. The molecule has 1 aliphatic heterocycles. The van der Waals surface area contributed by atoms with Crippen LogP contribution in [0.2, 0.25) is 0 Å². The number of piperazine rings is 1. The van der Waals surface area contributed by atoms with E-state index in [9.17, 15) is 0 Å². The molecule has 1 fully saturated rings. The van der Waals surface area contributed by atoms with Gasteiger partial charge in [0, 0.05) is 32.2 Å². The molecular weight excluding hydrogens is 180 g/mol. The van der Waals surface area contributed by atoms with Crippen LogP contribution in [0.5, 0.6) is 0 Å². The Balaban J connectivity index is 1.93. The summed E-state index contributed by atoms with van der Waals surface area (Å²) < 4.78 is 0. The smallest absolute Gasteiger partial charge is 0.0245 e. The van der Waals surface area contributed by atoms with Crippen LogP contribution in [0.3, 0.4) is 0 Å². The molecule has 1 aromatic heterocycles. The van der Waals surface area contributed by atoms with Crippen molar-refractivity contribution in [3.8, 4) is 0 Å². The first-order chi connectivity index (χ1) is 6.36. The molecule has 0 radical (unpaired) electrons. The SMILES string of the molecule is CC1CNCCN1Cc1ccsc1. The summed E-state index contributed by atoms with van der Waals surface area (Å²) in [5, 5.41) is 7.80. The molecule has 1 atom stereocenters. The molecule has 2 rings (SSSR count). The third kappa shape index (κ3) is 2.30. The van der Waals surface area contributed by atoms with E-state index >= 15 is 0 Å². The summed E-state index contributed by atoms with van der Waals surface area (Å²) in [6.07, 6.45) is 0. The van der Waals surface area contributed by atoms with Crippen LogP contribution >= 0.6 is 11.3 Å². The van der Waals surface area contributed by atoms with Crippen LogP contribution in [0.1, 0.15) is 12.5 Å². The number of rotatable bonds is 2. The monoisotopic (exact) mass is 196 g/mol. The number of hydrogen-bond donors (Lipinski definition) is 1. The third-order valence-electron chi connectivity index (χ3n) is 2.60. The quantitative estimate of drug-likeness (QED) is 0.772. The van der Waals surface area contributed by atoms with Crippen molar-refractivity contribution in [2.75, 3.05) is 19.6 Å². The van der Waals surface area contributed by atoms with Crippen LogP contribution in [-0.2, 0) is 6.54 Å². The lowest BCUT2D eigenvalue weighted by Gasteiger charge is -2.33. The Hall–Kier alpha value is -0.380. The van der Waals surface area contributed by atoms with Crippen molar-refractivity contribution in [3.05, 3.63) is 22.4 Å². The van der Waals surface area contributed by atoms with Gasteiger partial charge >= 0.3 is 0 Å². The zero-order valence-corrected chi connectivity index (χ0v) is 8.81. The fraction of sp³-hybridized carbons (Fsp3) is 0.600. The molecule has 1 saturated heterocycles. The Labute approximate surface area is 83.6 Å². The van der Waals surface area contributed by atoms with Gasteiger partial charge in [-0.3, -0.25) is 4.90 Å². The van der Waals surface area contributed by atoms with Gasteiger partial charge in [-0.1, -0.05) is 0 Å². The predicted octanol–water partition coefficient (Wildman–Crippen LogP) is 1.54. The molecule has 72 valence electrons. The topological polar surface area (TPSA) is 15.3 Å². The highest BCUT2D eigenvalue weighted by Gasteiger charge is 2.17. The van der Waals surface area contributed by atoms with Gasteiger partial charge in [-0.15, -0.1) is 0 Å². The largest absolute Gasteiger partial charge is 0.314 e. The van der Waals surface area contributed by atoms with Gasteiger partial charge in [-0.05, 0) is 29.3 Å². The average molecular weight is 196 g/mol. The summed E-state index contributed by atoms with van der Waals surface area (Å²) in [7, 11) is 0. The Morgan fingerprint density at radius 3 is 3.31 bits per heavy atom. The van der Waals surface area contributed by atoms with Gasteiger partial charge in [0.25, 0.3) is 0 Å². The van der Waals surface area contributed by atoms with Crippen LogP contribution in [0.25, 0.3) is 0 Å². The summed E-state index contributed by atoms with van der Waals surface area (Å²) in [5.74, 6) is 0. The zero-order chi connectivity index (χ0) is 9.10. The number of nitrogens with zero attached hydrogens (tertiary/aromatic N) is 1. The summed E-state index contributed by atoms with van der Waals surface area (Å²) in [4.78, 5) is 2.54.